The molecule has 0 aliphatic carbocycles. The summed E-state index contributed by atoms with van der Waals surface area (Å²) in [5, 5.41) is 11.7. The molecular formula is C19H22N6OS. The summed E-state index contributed by atoms with van der Waals surface area (Å²) < 4.78 is 5.58. The number of nitrogens with one attached hydrogen (secondary N) is 1. The van der Waals surface area contributed by atoms with E-state index >= 15 is 0 Å². The topological polar surface area (TPSA) is 76.1 Å². The van der Waals surface area contributed by atoms with Gasteiger partial charge in [-0.1, -0.05) is 23.5 Å². The third kappa shape index (κ3) is 4.06. The predicted octanol–water partition coefficient (Wildman–Crippen LogP) is 3.73. The molecule has 1 aliphatic heterocycles. The second-order valence-electron chi connectivity index (χ2n) is 6.64. The highest BCUT2D eigenvalue weighted by Gasteiger charge is 2.28. The van der Waals surface area contributed by atoms with Gasteiger partial charge >= 0.3 is 0 Å². The number of ether oxygens (including phenoxy) is 1. The van der Waals surface area contributed by atoms with Crippen molar-refractivity contribution in [1.29, 1.82) is 0 Å². The number of methoxy groups -OCH3 is 1. The molecule has 8 heteroatoms. The Hall–Kier alpha value is -2.58. The summed E-state index contributed by atoms with van der Waals surface area (Å²) in [5.74, 6) is 1.64. The van der Waals surface area contributed by atoms with Crippen molar-refractivity contribution in [3.05, 3.63) is 52.9 Å². The second kappa shape index (κ2) is 7.98. The zero-order chi connectivity index (χ0) is 18.6. The van der Waals surface area contributed by atoms with E-state index in [0.29, 0.717) is 10.9 Å². The fourth-order valence-corrected chi connectivity index (χ4v) is 3.94. The molecule has 3 heterocycles. The number of nitrogens with zero attached hydrogens (tertiary/aromatic N) is 5. The maximum atomic E-state index is 5.58. The lowest BCUT2D eigenvalue weighted by molar-refractivity contribution is 0.240. The van der Waals surface area contributed by atoms with Gasteiger partial charge in [-0.2, -0.15) is 0 Å². The van der Waals surface area contributed by atoms with Crippen LogP contribution in [0.25, 0.3) is 0 Å². The summed E-state index contributed by atoms with van der Waals surface area (Å²) in [6.45, 7) is 3.96. The number of anilines is 2. The summed E-state index contributed by atoms with van der Waals surface area (Å²) >= 11 is 1.44. The fourth-order valence-electron chi connectivity index (χ4n) is 3.49. The van der Waals surface area contributed by atoms with E-state index in [0.717, 1.165) is 37.4 Å². The second-order valence-corrected chi connectivity index (χ2v) is 7.48. The minimum absolute atomic E-state index is 0.250. The number of hydrogen-bond acceptors (Lipinski definition) is 8. The maximum Gasteiger partial charge on any atom is 0.211 e. The highest BCUT2D eigenvalue weighted by Crippen LogP contribution is 2.34. The van der Waals surface area contributed by atoms with Gasteiger partial charge in [-0.05, 0) is 37.9 Å². The first-order valence-electron chi connectivity index (χ1n) is 8.95. The normalized spacial score (nSPS) is 17.2. The van der Waals surface area contributed by atoms with Crippen molar-refractivity contribution in [3.8, 4) is 5.75 Å². The lowest BCUT2D eigenvalue weighted by Crippen LogP contribution is -2.24. The van der Waals surface area contributed by atoms with E-state index in [9.17, 15) is 0 Å². The Morgan fingerprint density at radius 1 is 1.33 bits per heavy atom. The van der Waals surface area contributed by atoms with Gasteiger partial charge in [0.15, 0.2) is 5.82 Å². The molecule has 140 valence electrons. The molecule has 0 spiro atoms. The quantitative estimate of drug-likeness (QED) is 0.696. The molecule has 0 saturated carbocycles. The molecule has 4 rings (SSSR count). The Morgan fingerprint density at radius 2 is 2.26 bits per heavy atom. The van der Waals surface area contributed by atoms with Crippen LogP contribution in [0.1, 0.15) is 35.7 Å². The van der Waals surface area contributed by atoms with Crippen LogP contribution in [0.4, 0.5) is 10.9 Å². The molecule has 3 aromatic rings. The van der Waals surface area contributed by atoms with Crippen LogP contribution in [0.5, 0.6) is 5.75 Å². The van der Waals surface area contributed by atoms with Crippen molar-refractivity contribution in [2.75, 3.05) is 19.0 Å². The van der Waals surface area contributed by atoms with Crippen molar-refractivity contribution in [1.82, 2.24) is 25.1 Å². The predicted molar refractivity (Wildman–Crippen MR) is 105 cm³/mol. The van der Waals surface area contributed by atoms with E-state index in [2.05, 4.69) is 50.5 Å². The van der Waals surface area contributed by atoms with E-state index in [4.69, 9.17) is 9.72 Å². The van der Waals surface area contributed by atoms with Crippen molar-refractivity contribution in [2.45, 2.75) is 32.4 Å². The molecule has 7 nitrogen and oxygen atoms in total. The highest BCUT2D eigenvalue weighted by molar-refractivity contribution is 7.13. The molecule has 0 unspecified atom stereocenters. The van der Waals surface area contributed by atoms with Gasteiger partial charge in [-0.15, -0.1) is 10.2 Å². The number of likely N-dealkylation sites (tertiary alicyclic amines) is 1. The van der Waals surface area contributed by atoms with Crippen LogP contribution in [0.2, 0.25) is 0 Å². The third-order valence-corrected chi connectivity index (χ3v) is 5.38. The van der Waals surface area contributed by atoms with Crippen molar-refractivity contribution in [3.63, 3.8) is 0 Å². The Bertz CT molecular complexity index is 901. The molecule has 0 bridgehead atoms. The Balaban J connectivity index is 1.53. The molecule has 1 N–H and O–H groups in total. The van der Waals surface area contributed by atoms with Gasteiger partial charge in [-0.3, -0.25) is 9.88 Å². The van der Waals surface area contributed by atoms with Gasteiger partial charge in [0, 0.05) is 12.1 Å². The molecule has 1 atom stereocenters. The van der Waals surface area contributed by atoms with Crippen LogP contribution >= 0.6 is 11.3 Å². The van der Waals surface area contributed by atoms with Crippen molar-refractivity contribution < 1.29 is 4.74 Å². The zero-order valence-electron chi connectivity index (χ0n) is 15.4. The van der Waals surface area contributed by atoms with Crippen LogP contribution in [-0.2, 0) is 6.54 Å². The van der Waals surface area contributed by atoms with E-state index in [1.807, 2.05) is 6.20 Å². The fraction of sp³-hybridized carbons (Fsp3) is 0.368. The lowest BCUT2D eigenvalue weighted by Gasteiger charge is -2.25. The van der Waals surface area contributed by atoms with Gasteiger partial charge < -0.3 is 10.1 Å². The van der Waals surface area contributed by atoms with Crippen LogP contribution in [0.3, 0.4) is 0 Å². The number of aromatic nitrogens is 4. The first kappa shape index (κ1) is 17.8. The summed E-state index contributed by atoms with van der Waals surface area (Å²) in [5.41, 5.74) is 5.07. The molecule has 27 heavy (non-hydrogen) atoms. The average Bonchev–Trinajstić information content (AvgIpc) is 3.35. The van der Waals surface area contributed by atoms with Crippen LogP contribution < -0.4 is 10.1 Å². The first-order chi connectivity index (χ1) is 13.2. The Kier molecular flexibility index (Phi) is 5.26. The maximum absolute atomic E-state index is 5.58. The molecule has 1 fully saturated rings. The van der Waals surface area contributed by atoms with E-state index in [1.165, 1.54) is 22.5 Å². The number of hydrogen-bond donors (Lipinski definition) is 1. The minimum atomic E-state index is 0.250. The van der Waals surface area contributed by atoms with E-state index in [1.54, 1.807) is 18.8 Å². The van der Waals surface area contributed by atoms with Gasteiger partial charge in [0.2, 0.25) is 5.13 Å². The summed E-state index contributed by atoms with van der Waals surface area (Å²) in [6, 6.07) is 6.63. The number of rotatable bonds is 6. The van der Waals surface area contributed by atoms with Gasteiger partial charge in [0.1, 0.15) is 11.3 Å². The molecule has 2 aromatic heterocycles. The van der Waals surface area contributed by atoms with Gasteiger partial charge in [0.05, 0.1) is 31.2 Å². The lowest BCUT2D eigenvalue weighted by atomic mass is 10.1. The first-order valence-corrected chi connectivity index (χ1v) is 9.83. The average molecular weight is 382 g/mol. The monoisotopic (exact) mass is 382 g/mol. The largest absolute Gasteiger partial charge is 0.496 e. The Morgan fingerprint density at radius 3 is 3.07 bits per heavy atom. The summed E-state index contributed by atoms with van der Waals surface area (Å²) in [6.07, 6.45) is 5.80. The third-order valence-electron chi connectivity index (χ3n) is 4.77. The summed E-state index contributed by atoms with van der Waals surface area (Å²) in [4.78, 5) is 11.6. The van der Waals surface area contributed by atoms with Crippen LogP contribution in [0, 0.1) is 6.92 Å². The van der Waals surface area contributed by atoms with Gasteiger partial charge in [0.25, 0.3) is 0 Å². The Labute approximate surface area is 162 Å². The van der Waals surface area contributed by atoms with Crippen molar-refractivity contribution in [2.24, 2.45) is 0 Å². The zero-order valence-corrected chi connectivity index (χ0v) is 16.2. The van der Waals surface area contributed by atoms with E-state index in [-0.39, 0.29) is 6.04 Å². The molecule has 1 saturated heterocycles. The smallest absolute Gasteiger partial charge is 0.211 e. The van der Waals surface area contributed by atoms with E-state index < -0.39 is 0 Å². The van der Waals surface area contributed by atoms with Crippen LogP contribution in [0.15, 0.2) is 36.1 Å². The molecule has 0 radical (unpaired) electrons. The van der Waals surface area contributed by atoms with Crippen LogP contribution in [-0.4, -0.2) is 38.7 Å². The SMILES string of the molecule is COc1cc(C)ccc1CN1CCC[C@@H]1c1cncc(Nc2nncs2)n1. The summed E-state index contributed by atoms with van der Waals surface area (Å²) in [7, 11) is 1.73. The molecule has 1 aliphatic rings. The van der Waals surface area contributed by atoms with Gasteiger partial charge in [-0.25, -0.2) is 4.98 Å². The number of aryl methyl sites for hydroxylation is 1. The number of benzene rings is 1. The highest BCUT2D eigenvalue weighted by atomic mass is 32.1. The minimum Gasteiger partial charge on any atom is -0.496 e. The standard InChI is InChI=1S/C19H22N6OS/c1-13-5-6-14(17(8-13)26-2)11-25-7-3-4-16(25)15-9-20-10-18(22-15)23-19-24-21-12-27-19/h5-6,8-10,12,16H,3-4,7,11H2,1-2H3,(H,22,23,24)/t16-/m1/s1. The molecular weight excluding hydrogens is 360 g/mol. The molecule has 1 aromatic carbocycles. The van der Waals surface area contributed by atoms with Crippen molar-refractivity contribution >= 4 is 22.3 Å². The molecule has 0 amide bonds.